The number of aromatic nitrogens is 1. The lowest BCUT2D eigenvalue weighted by atomic mass is 10.0. The lowest BCUT2D eigenvalue weighted by Gasteiger charge is -2.30. The summed E-state index contributed by atoms with van der Waals surface area (Å²) in [6.45, 7) is 6.41. The number of fused-ring (bicyclic) bond motifs is 1. The molecule has 0 saturated heterocycles. The zero-order valence-corrected chi connectivity index (χ0v) is 15.7. The van der Waals surface area contributed by atoms with Crippen molar-refractivity contribution < 1.29 is 4.79 Å². The predicted molar refractivity (Wildman–Crippen MR) is 109 cm³/mol. The second-order valence-corrected chi connectivity index (χ2v) is 6.46. The molecule has 5 nitrogen and oxygen atoms in total. The van der Waals surface area contributed by atoms with Crippen LogP contribution in [0.1, 0.15) is 35.8 Å². The molecule has 0 fully saturated rings. The Morgan fingerprint density at radius 1 is 1.04 bits per heavy atom. The summed E-state index contributed by atoms with van der Waals surface area (Å²) in [6, 6.07) is 19.3. The molecule has 3 aromatic rings. The third-order valence-corrected chi connectivity index (χ3v) is 4.89. The maximum absolute atomic E-state index is 12.7. The Kier molecular flexibility index (Phi) is 6.04. The van der Waals surface area contributed by atoms with Gasteiger partial charge in [-0.3, -0.25) is 14.5 Å². The molecule has 0 aliphatic heterocycles. The lowest BCUT2D eigenvalue weighted by Crippen LogP contribution is -2.39. The van der Waals surface area contributed by atoms with Crippen LogP contribution in [0.25, 0.3) is 10.9 Å². The summed E-state index contributed by atoms with van der Waals surface area (Å²) in [7, 11) is 0. The number of likely N-dealkylation sites (N-methyl/N-ethyl adjacent to an activating group) is 1. The van der Waals surface area contributed by atoms with Gasteiger partial charge in [0.05, 0.1) is 6.04 Å². The van der Waals surface area contributed by atoms with E-state index in [-0.39, 0.29) is 23.1 Å². The summed E-state index contributed by atoms with van der Waals surface area (Å²) >= 11 is 0. The van der Waals surface area contributed by atoms with Crippen LogP contribution >= 0.6 is 0 Å². The van der Waals surface area contributed by atoms with Crippen LogP contribution in [0.2, 0.25) is 0 Å². The van der Waals surface area contributed by atoms with Crippen LogP contribution < -0.4 is 10.9 Å². The number of carbonyl (C=O) groups excluding carboxylic acids is 1. The summed E-state index contributed by atoms with van der Waals surface area (Å²) < 4.78 is 0. The fourth-order valence-electron chi connectivity index (χ4n) is 3.40. The molecule has 0 aliphatic carbocycles. The molecule has 1 amide bonds. The normalized spacial score (nSPS) is 12.3. The highest BCUT2D eigenvalue weighted by molar-refractivity contribution is 5.97. The minimum Gasteiger partial charge on any atom is -0.350 e. The van der Waals surface area contributed by atoms with Gasteiger partial charge in [-0.05, 0) is 36.2 Å². The van der Waals surface area contributed by atoms with Crippen molar-refractivity contribution in [1.82, 2.24) is 15.2 Å². The molecule has 0 aliphatic rings. The van der Waals surface area contributed by atoms with Gasteiger partial charge in [0, 0.05) is 12.1 Å². The minimum absolute atomic E-state index is 0.0599. The molecular formula is C22H25N3O2. The number of hydrogen-bond acceptors (Lipinski definition) is 3. The van der Waals surface area contributed by atoms with E-state index in [1.54, 1.807) is 6.07 Å². The molecule has 1 heterocycles. The van der Waals surface area contributed by atoms with Crippen LogP contribution in [-0.4, -0.2) is 35.4 Å². The molecule has 2 N–H and O–H groups in total. The van der Waals surface area contributed by atoms with Crippen molar-refractivity contribution in [3.05, 3.63) is 82.1 Å². The summed E-state index contributed by atoms with van der Waals surface area (Å²) in [5.74, 6) is -0.352. The number of carbonyl (C=O) groups is 1. The van der Waals surface area contributed by atoms with Crippen molar-refractivity contribution >= 4 is 16.8 Å². The van der Waals surface area contributed by atoms with E-state index < -0.39 is 0 Å². The molecule has 0 spiro atoms. The largest absolute Gasteiger partial charge is 0.350 e. The third kappa shape index (κ3) is 4.26. The Morgan fingerprint density at radius 2 is 1.70 bits per heavy atom. The van der Waals surface area contributed by atoms with Crippen LogP contribution in [0.5, 0.6) is 0 Å². The maximum atomic E-state index is 12.7. The van der Waals surface area contributed by atoms with Crippen molar-refractivity contribution in [2.24, 2.45) is 0 Å². The number of aromatic amines is 1. The second kappa shape index (κ2) is 8.64. The van der Waals surface area contributed by atoms with Gasteiger partial charge in [-0.15, -0.1) is 0 Å². The summed E-state index contributed by atoms with van der Waals surface area (Å²) in [5.41, 5.74) is 1.64. The smallest absolute Gasteiger partial charge is 0.261 e. The number of pyridine rings is 1. The van der Waals surface area contributed by atoms with Gasteiger partial charge < -0.3 is 10.3 Å². The number of hydrogen-bond donors (Lipinski definition) is 2. The number of nitrogens with zero attached hydrogens (tertiary/aromatic N) is 1. The van der Waals surface area contributed by atoms with Gasteiger partial charge >= 0.3 is 0 Å². The highest BCUT2D eigenvalue weighted by atomic mass is 16.2. The summed E-state index contributed by atoms with van der Waals surface area (Å²) in [4.78, 5) is 30.1. The van der Waals surface area contributed by atoms with Gasteiger partial charge in [0.2, 0.25) is 0 Å². The molecule has 2 aromatic carbocycles. The van der Waals surface area contributed by atoms with Gasteiger partial charge in [-0.1, -0.05) is 62.4 Å². The topological polar surface area (TPSA) is 65.2 Å². The average molecular weight is 363 g/mol. The van der Waals surface area contributed by atoms with Crippen molar-refractivity contribution in [1.29, 1.82) is 0 Å². The van der Waals surface area contributed by atoms with Crippen molar-refractivity contribution in [2.45, 2.75) is 19.9 Å². The lowest BCUT2D eigenvalue weighted by molar-refractivity contribution is 0.0933. The fraction of sp³-hybridized carbons (Fsp3) is 0.273. The number of nitrogens with one attached hydrogen (secondary N) is 2. The highest BCUT2D eigenvalue weighted by Gasteiger charge is 2.20. The Hall–Kier alpha value is -2.92. The molecule has 3 rings (SSSR count). The number of amides is 1. The number of benzene rings is 2. The molecule has 1 unspecified atom stereocenters. The zero-order chi connectivity index (χ0) is 19.2. The Labute approximate surface area is 159 Å². The van der Waals surface area contributed by atoms with Crippen LogP contribution in [0.3, 0.4) is 0 Å². The van der Waals surface area contributed by atoms with E-state index in [0.717, 1.165) is 29.6 Å². The van der Waals surface area contributed by atoms with Gasteiger partial charge in [0.25, 0.3) is 11.5 Å². The highest BCUT2D eigenvalue weighted by Crippen LogP contribution is 2.19. The van der Waals surface area contributed by atoms with Crippen molar-refractivity contribution in [3.63, 3.8) is 0 Å². The first-order chi connectivity index (χ1) is 13.1. The monoisotopic (exact) mass is 363 g/mol. The Morgan fingerprint density at radius 3 is 2.41 bits per heavy atom. The van der Waals surface area contributed by atoms with E-state index in [0.29, 0.717) is 6.54 Å². The summed E-state index contributed by atoms with van der Waals surface area (Å²) in [6.07, 6.45) is 0. The van der Waals surface area contributed by atoms with Crippen LogP contribution in [0.4, 0.5) is 0 Å². The van der Waals surface area contributed by atoms with Gasteiger partial charge in [0.1, 0.15) is 5.56 Å². The Balaban J connectivity index is 1.82. The molecule has 5 heteroatoms. The van der Waals surface area contributed by atoms with Crippen molar-refractivity contribution in [2.75, 3.05) is 19.6 Å². The number of para-hydroxylation sites is 1. The van der Waals surface area contributed by atoms with Crippen molar-refractivity contribution in [3.8, 4) is 0 Å². The SMILES string of the molecule is CCN(CC)C(CNC(=O)c1cc2ccccc2[nH]c1=O)c1ccccc1. The van der Waals surface area contributed by atoms with E-state index in [2.05, 4.69) is 41.2 Å². The Bertz CT molecular complexity index is 962. The van der Waals surface area contributed by atoms with Gasteiger partial charge in [-0.25, -0.2) is 0 Å². The molecular weight excluding hydrogens is 338 g/mol. The number of rotatable bonds is 7. The van der Waals surface area contributed by atoms with Gasteiger partial charge in [-0.2, -0.15) is 0 Å². The van der Waals surface area contributed by atoms with Gasteiger partial charge in [0.15, 0.2) is 0 Å². The standard InChI is InChI=1S/C22H25N3O2/c1-3-25(4-2)20(16-10-6-5-7-11-16)15-23-21(26)18-14-17-12-8-9-13-19(17)24-22(18)27/h5-14,20H,3-4,15H2,1-2H3,(H,23,26)(H,24,27). The summed E-state index contributed by atoms with van der Waals surface area (Å²) in [5, 5.41) is 3.79. The molecule has 27 heavy (non-hydrogen) atoms. The van der Waals surface area contributed by atoms with E-state index in [4.69, 9.17) is 0 Å². The first-order valence-corrected chi connectivity index (χ1v) is 9.33. The zero-order valence-electron chi connectivity index (χ0n) is 15.7. The first kappa shape index (κ1) is 18.9. The molecule has 1 aromatic heterocycles. The molecule has 1 atom stereocenters. The van der Waals surface area contributed by atoms with E-state index >= 15 is 0 Å². The maximum Gasteiger partial charge on any atom is 0.261 e. The molecule has 0 bridgehead atoms. The van der Waals surface area contributed by atoms with E-state index in [1.807, 2.05) is 42.5 Å². The second-order valence-electron chi connectivity index (χ2n) is 6.46. The van der Waals surface area contributed by atoms with Crippen LogP contribution in [0, 0.1) is 0 Å². The fourth-order valence-corrected chi connectivity index (χ4v) is 3.40. The predicted octanol–water partition coefficient (Wildman–Crippen LogP) is 3.34. The van der Waals surface area contributed by atoms with Crippen LogP contribution in [-0.2, 0) is 0 Å². The molecule has 140 valence electrons. The average Bonchev–Trinajstić information content (AvgIpc) is 2.71. The van der Waals surface area contributed by atoms with Crippen LogP contribution in [0.15, 0.2) is 65.5 Å². The van der Waals surface area contributed by atoms with E-state index in [1.165, 1.54) is 0 Å². The minimum atomic E-state index is -0.370. The molecule has 0 radical (unpaired) electrons. The molecule has 0 saturated carbocycles. The van der Waals surface area contributed by atoms with E-state index in [9.17, 15) is 9.59 Å². The number of H-pyrrole nitrogens is 1. The third-order valence-electron chi connectivity index (χ3n) is 4.89. The first-order valence-electron chi connectivity index (χ1n) is 9.33. The quantitative estimate of drug-likeness (QED) is 0.677.